The van der Waals surface area contributed by atoms with Crippen LogP contribution in [0.2, 0.25) is 0 Å². The van der Waals surface area contributed by atoms with Gasteiger partial charge >= 0.3 is 0 Å². The summed E-state index contributed by atoms with van der Waals surface area (Å²) in [5.74, 6) is 1.45. The third-order valence-electron chi connectivity index (χ3n) is 2.37. The van der Waals surface area contributed by atoms with E-state index >= 15 is 0 Å². The lowest BCUT2D eigenvalue weighted by molar-refractivity contribution is -0.109. The van der Waals surface area contributed by atoms with E-state index in [4.69, 9.17) is 9.47 Å². The van der Waals surface area contributed by atoms with Gasteiger partial charge in [0.05, 0.1) is 13.7 Å². The summed E-state index contributed by atoms with van der Waals surface area (Å²) >= 11 is 0. The summed E-state index contributed by atoms with van der Waals surface area (Å²) in [7, 11) is 1.61. The Morgan fingerprint density at radius 3 is 2.82 bits per heavy atom. The number of amides is 1. The first-order valence-corrected chi connectivity index (χ1v) is 5.78. The van der Waals surface area contributed by atoms with Crippen molar-refractivity contribution < 1.29 is 14.3 Å². The van der Waals surface area contributed by atoms with Crippen LogP contribution in [0.3, 0.4) is 0 Å². The Balaban J connectivity index is 2.67. The van der Waals surface area contributed by atoms with Gasteiger partial charge < -0.3 is 14.8 Å². The van der Waals surface area contributed by atoms with Gasteiger partial charge in [0.2, 0.25) is 6.41 Å². The second kappa shape index (κ2) is 7.54. The summed E-state index contributed by atoms with van der Waals surface area (Å²) in [6, 6.07) is 5.66. The molecule has 0 aliphatic heterocycles. The molecule has 0 saturated carbocycles. The van der Waals surface area contributed by atoms with E-state index in [1.54, 1.807) is 7.11 Å². The molecule has 17 heavy (non-hydrogen) atoms. The Bertz CT molecular complexity index is 353. The average molecular weight is 237 g/mol. The number of ether oxygens (including phenoxy) is 2. The third-order valence-corrected chi connectivity index (χ3v) is 2.37. The SMILES string of the molecule is CCCCOc1ccc(CNC=O)cc1OC. The van der Waals surface area contributed by atoms with Crippen LogP contribution in [0.15, 0.2) is 18.2 Å². The molecular weight excluding hydrogens is 218 g/mol. The number of nitrogens with one attached hydrogen (secondary N) is 1. The highest BCUT2D eigenvalue weighted by atomic mass is 16.5. The molecule has 0 aliphatic carbocycles. The molecule has 94 valence electrons. The summed E-state index contributed by atoms with van der Waals surface area (Å²) in [6.45, 7) is 3.31. The summed E-state index contributed by atoms with van der Waals surface area (Å²) < 4.78 is 10.9. The van der Waals surface area contributed by atoms with Gasteiger partial charge in [-0.2, -0.15) is 0 Å². The van der Waals surface area contributed by atoms with Crippen LogP contribution in [-0.2, 0) is 11.3 Å². The Hall–Kier alpha value is -1.71. The molecule has 1 amide bonds. The van der Waals surface area contributed by atoms with Crippen LogP contribution in [-0.4, -0.2) is 20.1 Å². The van der Waals surface area contributed by atoms with Crippen LogP contribution in [0.25, 0.3) is 0 Å². The predicted molar refractivity (Wildman–Crippen MR) is 66.3 cm³/mol. The molecule has 0 bridgehead atoms. The molecule has 0 aromatic heterocycles. The number of benzene rings is 1. The topological polar surface area (TPSA) is 47.6 Å². The number of carbonyl (C=O) groups is 1. The zero-order valence-corrected chi connectivity index (χ0v) is 10.4. The van der Waals surface area contributed by atoms with Crippen LogP contribution in [0, 0.1) is 0 Å². The fraction of sp³-hybridized carbons (Fsp3) is 0.462. The number of methoxy groups -OCH3 is 1. The largest absolute Gasteiger partial charge is 0.493 e. The highest BCUT2D eigenvalue weighted by Crippen LogP contribution is 2.28. The lowest BCUT2D eigenvalue weighted by Gasteiger charge is -2.11. The molecule has 4 heteroatoms. The van der Waals surface area contributed by atoms with E-state index in [0.29, 0.717) is 25.3 Å². The van der Waals surface area contributed by atoms with E-state index < -0.39 is 0 Å². The number of rotatable bonds is 8. The average Bonchev–Trinajstić information content (AvgIpc) is 2.37. The van der Waals surface area contributed by atoms with Gasteiger partial charge in [0.1, 0.15) is 0 Å². The van der Waals surface area contributed by atoms with Crippen LogP contribution in [0.4, 0.5) is 0 Å². The first-order valence-electron chi connectivity index (χ1n) is 5.78. The maximum Gasteiger partial charge on any atom is 0.207 e. The smallest absolute Gasteiger partial charge is 0.207 e. The minimum absolute atomic E-state index is 0.495. The fourth-order valence-electron chi connectivity index (χ4n) is 1.43. The monoisotopic (exact) mass is 237 g/mol. The molecule has 0 spiro atoms. The molecule has 1 N–H and O–H groups in total. The van der Waals surface area contributed by atoms with Gasteiger partial charge in [-0.3, -0.25) is 4.79 Å². The lowest BCUT2D eigenvalue weighted by atomic mass is 10.2. The lowest BCUT2D eigenvalue weighted by Crippen LogP contribution is -2.09. The zero-order valence-electron chi connectivity index (χ0n) is 10.4. The van der Waals surface area contributed by atoms with Crippen LogP contribution >= 0.6 is 0 Å². The molecule has 1 aromatic carbocycles. The number of hydrogen-bond donors (Lipinski definition) is 1. The number of unbranched alkanes of at least 4 members (excludes halogenated alkanes) is 1. The molecule has 4 nitrogen and oxygen atoms in total. The zero-order chi connectivity index (χ0) is 12.5. The van der Waals surface area contributed by atoms with E-state index in [1.807, 2.05) is 18.2 Å². The maximum absolute atomic E-state index is 10.2. The summed E-state index contributed by atoms with van der Waals surface area (Å²) in [6.07, 6.45) is 2.80. The molecule has 0 fully saturated rings. The van der Waals surface area contributed by atoms with Crippen molar-refractivity contribution in [1.29, 1.82) is 0 Å². The van der Waals surface area contributed by atoms with Crippen molar-refractivity contribution in [3.05, 3.63) is 23.8 Å². The normalized spacial score (nSPS) is 9.76. The van der Waals surface area contributed by atoms with Gasteiger partial charge in [-0.05, 0) is 24.1 Å². The Morgan fingerprint density at radius 1 is 1.35 bits per heavy atom. The van der Waals surface area contributed by atoms with Crippen molar-refractivity contribution in [2.24, 2.45) is 0 Å². The number of carbonyl (C=O) groups excluding carboxylic acids is 1. The molecular formula is C13H19NO3. The first-order chi connectivity index (χ1) is 8.31. The molecule has 0 radical (unpaired) electrons. The molecule has 0 saturated heterocycles. The van der Waals surface area contributed by atoms with Crippen molar-refractivity contribution >= 4 is 6.41 Å². The quantitative estimate of drug-likeness (QED) is 0.556. The standard InChI is InChI=1S/C13H19NO3/c1-3-4-7-17-12-6-5-11(9-14-10-15)8-13(12)16-2/h5-6,8,10H,3-4,7,9H2,1-2H3,(H,14,15). The van der Waals surface area contributed by atoms with Crippen molar-refractivity contribution in [2.75, 3.05) is 13.7 Å². The van der Waals surface area contributed by atoms with Crippen LogP contribution < -0.4 is 14.8 Å². The number of hydrogen-bond acceptors (Lipinski definition) is 3. The van der Waals surface area contributed by atoms with E-state index in [2.05, 4.69) is 12.2 Å². The van der Waals surface area contributed by atoms with Crippen molar-refractivity contribution in [3.8, 4) is 11.5 Å². The van der Waals surface area contributed by atoms with Gasteiger partial charge in [0.25, 0.3) is 0 Å². The Labute approximate surface area is 102 Å². The first kappa shape index (κ1) is 13.4. The van der Waals surface area contributed by atoms with Gasteiger partial charge in [0.15, 0.2) is 11.5 Å². The third kappa shape index (κ3) is 4.34. The van der Waals surface area contributed by atoms with Gasteiger partial charge in [0, 0.05) is 6.54 Å². The van der Waals surface area contributed by atoms with E-state index in [9.17, 15) is 4.79 Å². The molecule has 0 unspecified atom stereocenters. The molecule has 1 aromatic rings. The minimum Gasteiger partial charge on any atom is -0.493 e. The second-order valence-electron chi connectivity index (χ2n) is 3.69. The van der Waals surface area contributed by atoms with Crippen LogP contribution in [0.5, 0.6) is 11.5 Å². The summed E-state index contributed by atoms with van der Waals surface area (Å²) in [4.78, 5) is 10.2. The van der Waals surface area contributed by atoms with Gasteiger partial charge in [-0.15, -0.1) is 0 Å². The maximum atomic E-state index is 10.2. The molecule has 0 atom stereocenters. The fourth-order valence-corrected chi connectivity index (χ4v) is 1.43. The van der Waals surface area contributed by atoms with Crippen LogP contribution in [0.1, 0.15) is 25.3 Å². The van der Waals surface area contributed by atoms with E-state index in [-0.39, 0.29) is 0 Å². The Kier molecular flexibility index (Phi) is 5.93. The summed E-state index contributed by atoms with van der Waals surface area (Å²) in [5.41, 5.74) is 0.983. The van der Waals surface area contributed by atoms with Crippen molar-refractivity contribution in [1.82, 2.24) is 5.32 Å². The summed E-state index contributed by atoms with van der Waals surface area (Å²) in [5, 5.41) is 2.61. The predicted octanol–water partition coefficient (Wildman–Crippen LogP) is 2.12. The minimum atomic E-state index is 0.495. The van der Waals surface area contributed by atoms with E-state index in [1.165, 1.54) is 0 Å². The molecule has 0 aliphatic rings. The Morgan fingerprint density at radius 2 is 2.18 bits per heavy atom. The van der Waals surface area contributed by atoms with E-state index in [0.717, 1.165) is 24.2 Å². The van der Waals surface area contributed by atoms with Crippen molar-refractivity contribution in [2.45, 2.75) is 26.3 Å². The van der Waals surface area contributed by atoms with Crippen molar-refractivity contribution in [3.63, 3.8) is 0 Å². The van der Waals surface area contributed by atoms with Gasteiger partial charge in [-0.1, -0.05) is 19.4 Å². The molecule has 0 heterocycles. The molecule has 1 rings (SSSR count). The second-order valence-corrected chi connectivity index (χ2v) is 3.69. The highest BCUT2D eigenvalue weighted by Gasteiger charge is 2.05. The van der Waals surface area contributed by atoms with Gasteiger partial charge in [-0.25, -0.2) is 0 Å². The highest BCUT2D eigenvalue weighted by molar-refractivity contribution is 5.48.